The van der Waals surface area contributed by atoms with Crippen molar-refractivity contribution in [3.8, 4) is 11.5 Å². The van der Waals surface area contributed by atoms with Crippen LogP contribution in [-0.2, 0) is 4.84 Å². The van der Waals surface area contributed by atoms with Gasteiger partial charge in [-0.2, -0.15) is 10.2 Å². The second-order valence-electron chi connectivity index (χ2n) is 4.45. The van der Waals surface area contributed by atoms with Gasteiger partial charge in [-0.05, 0) is 35.9 Å². The highest BCUT2D eigenvalue weighted by molar-refractivity contribution is 5.88. The van der Waals surface area contributed by atoms with Gasteiger partial charge in [0.1, 0.15) is 0 Å². The van der Waals surface area contributed by atoms with Crippen molar-refractivity contribution in [1.29, 1.82) is 0 Å². The van der Waals surface area contributed by atoms with Gasteiger partial charge in [0.05, 0.1) is 25.4 Å². The number of rotatable bonds is 7. The van der Waals surface area contributed by atoms with Gasteiger partial charge >= 0.3 is 5.97 Å². The summed E-state index contributed by atoms with van der Waals surface area (Å²) in [4.78, 5) is 20.2. The van der Waals surface area contributed by atoms with Gasteiger partial charge in [-0.25, -0.2) is 4.79 Å². The van der Waals surface area contributed by atoms with Crippen LogP contribution in [0.15, 0.2) is 52.9 Å². The Kier molecular flexibility index (Phi) is 6.42. The molecule has 124 valence electrons. The van der Waals surface area contributed by atoms with E-state index >= 15 is 0 Å². The van der Waals surface area contributed by atoms with E-state index < -0.39 is 5.97 Å². The molecule has 8 heteroatoms. The number of hydrogen-bond donors (Lipinski definition) is 2. The number of nitrogens with one attached hydrogen (secondary N) is 1. The molecule has 0 aliphatic carbocycles. The number of pyridine rings is 1. The number of phenols is 1. The van der Waals surface area contributed by atoms with Crippen molar-refractivity contribution in [2.45, 2.75) is 0 Å². The number of carbonyl (C=O) groups excluding carboxylic acids is 1. The predicted octanol–water partition coefficient (Wildman–Crippen LogP) is 1.56. The highest BCUT2D eigenvalue weighted by atomic mass is 16.7. The Morgan fingerprint density at radius 1 is 1.38 bits per heavy atom. The molecule has 1 aromatic heterocycles. The second-order valence-corrected chi connectivity index (χ2v) is 4.45. The molecule has 0 aliphatic rings. The molecule has 2 N–H and O–H groups in total. The SMILES string of the molecule is COc1cc(/C=N/N=C\CNOC(=O)c2cccnc2)ccc1O. The Bertz CT molecular complexity index is 732. The van der Waals surface area contributed by atoms with Crippen molar-refractivity contribution in [1.82, 2.24) is 10.5 Å². The summed E-state index contributed by atoms with van der Waals surface area (Å²) in [7, 11) is 1.46. The number of nitrogens with zero attached hydrogens (tertiary/aromatic N) is 3. The molecular weight excluding hydrogens is 312 g/mol. The average Bonchev–Trinajstić information content (AvgIpc) is 2.62. The molecule has 8 nitrogen and oxygen atoms in total. The highest BCUT2D eigenvalue weighted by Gasteiger charge is 2.05. The van der Waals surface area contributed by atoms with Crippen LogP contribution in [-0.4, -0.2) is 42.1 Å². The zero-order chi connectivity index (χ0) is 17.2. The predicted molar refractivity (Wildman–Crippen MR) is 88.4 cm³/mol. The lowest BCUT2D eigenvalue weighted by molar-refractivity contribution is 0.0289. The lowest BCUT2D eigenvalue weighted by atomic mass is 10.2. The number of aromatic hydroxyl groups is 1. The van der Waals surface area contributed by atoms with E-state index in [1.807, 2.05) is 0 Å². The maximum atomic E-state index is 11.6. The van der Waals surface area contributed by atoms with E-state index in [0.717, 1.165) is 5.56 Å². The molecule has 0 unspecified atom stereocenters. The van der Waals surface area contributed by atoms with Crippen LogP contribution in [0.1, 0.15) is 15.9 Å². The minimum atomic E-state index is -0.531. The van der Waals surface area contributed by atoms with E-state index in [-0.39, 0.29) is 12.3 Å². The Labute approximate surface area is 138 Å². The molecule has 2 aromatic rings. The third-order valence-corrected chi connectivity index (χ3v) is 2.80. The van der Waals surface area contributed by atoms with Crippen LogP contribution in [0, 0.1) is 0 Å². The molecule has 1 heterocycles. The molecule has 0 aliphatic heterocycles. The van der Waals surface area contributed by atoms with Gasteiger partial charge in [0.25, 0.3) is 0 Å². The number of benzene rings is 1. The number of hydroxylamine groups is 1. The molecule has 0 bridgehead atoms. The largest absolute Gasteiger partial charge is 0.504 e. The minimum Gasteiger partial charge on any atom is -0.504 e. The third kappa shape index (κ3) is 5.18. The minimum absolute atomic E-state index is 0.0535. The van der Waals surface area contributed by atoms with Crippen LogP contribution in [0.4, 0.5) is 0 Å². The summed E-state index contributed by atoms with van der Waals surface area (Å²) in [6, 6.07) is 8.04. The summed E-state index contributed by atoms with van der Waals surface area (Å²) in [5.41, 5.74) is 3.52. The number of methoxy groups -OCH3 is 1. The maximum absolute atomic E-state index is 11.6. The topological polar surface area (TPSA) is 105 Å². The summed E-state index contributed by atoms with van der Waals surface area (Å²) in [5.74, 6) is -0.124. The number of aromatic nitrogens is 1. The molecule has 0 saturated heterocycles. The van der Waals surface area contributed by atoms with E-state index in [0.29, 0.717) is 11.3 Å². The van der Waals surface area contributed by atoms with E-state index in [1.54, 1.807) is 30.5 Å². The van der Waals surface area contributed by atoms with E-state index in [1.165, 1.54) is 31.8 Å². The fourth-order valence-corrected chi connectivity index (χ4v) is 1.65. The van der Waals surface area contributed by atoms with Crippen molar-refractivity contribution >= 4 is 18.4 Å². The number of carbonyl (C=O) groups is 1. The lowest BCUT2D eigenvalue weighted by Crippen LogP contribution is -2.21. The summed E-state index contributed by atoms with van der Waals surface area (Å²) >= 11 is 0. The van der Waals surface area contributed by atoms with Crippen molar-refractivity contribution < 1.29 is 19.5 Å². The quantitative estimate of drug-likeness (QED) is 0.454. The van der Waals surface area contributed by atoms with Crippen LogP contribution in [0.3, 0.4) is 0 Å². The standard InChI is InChI=1S/C16H16N4O4/c1-23-15-9-12(4-5-14(15)21)10-19-18-7-8-20-24-16(22)13-3-2-6-17-11-13/h2-7,9-11,20-21H,8H2,1H3/b18-7-,19-10+. The fraction of sp³-hybridized carbons (Fsp3) is 0.125. The van der Waals surface area contributed by atoms with Gasteiger partial charge < -0.3 is 14.7 Å². The average molecular weight is 328 g/mol. The molecule has 24 heavy (non-hydrogen) atoms. The van der Waals surface area contributed by atoms with Crippen LogP contribution in [0.2, 0.25) is 0 Å². The maximum Gasteiger partial charge on any atom is 0.358 e. The van der Waals surface area contributed by atoms with Crippen LogP contribution < -0.4 is 10.2 Å². The second kappa shape index (κ2) is 9.01. The van der Waals surface area contributed by atoms with Gasteiger partial charge in [0.2, 0.25) is 0 Å². The van der Waals surface area contributed by atoms with Gasteiger partial charge in [-0.3, -0.25) is 4.98 Å². The molecule has 0 atom stereocenters. The number of phenolic OH excluding ortho intramolecular Hbond substituents is 1. The first-order chi connectivity index (χ1) is 11.7. The van der Waals surface area contributed by atoms with Crippen molar-refractivity contribution in [2.24, 2.45) is 10.2 Å². The molecule has 0 fully saturated rings. The number of ether oxygens (including phenoxy) is 1. The van der Waals surface area contributed by atoms with Crippen LogP contribution in [0.5, 0.6) is 11.5 Å². The summed E-state index contributed by atoms with van der Waals surface area (Å²) < 4.78 is 4.99. The van der Waals surface area contributed by atoms with Crippen molar-refractivity contribution in [3.63, 3.8) is 0 Å². The molecule has 0 spiro atoms. The summed E-state index contributed by atoms with van der Waals surface area (Å²) in [5, 5.41) is 17.1. The highest BCUT2D eigenvalue weighted by Crippen LogP contribution is 2.25. The monoisotopic (exact) mass is 328 g/mol. The first kappa shape index (κ1) is 17.1. The van der Waals surface area contributed by atoms with Gasteiger partial charge in [0.15, 0.2) is 11.5 Å². The van der Waals surface area contributed by atoms with E-state index in [2.05, 4.69) is 20.7 Å². The van der Waals surface area contributed by atoms with Gasteiger partial charge in [-0.1, -0.05) is 0 Å². The Morgan fingerprint density at radius 2 is 2.25 bits per heavy atom. The van der Waals surface area contributed by atoms with Crippen molar-refractivity contribution in [2.75, 3.05) is 13.7 Å². The third-order valence-electron chi connectivity index (χ3n) is 2.80. The smallest absolute Gasteiger partial charge is 0.358 e. The van der Waals surface area contributed by atoms with E-state index in [9.17, 15) is 9.90 Å². The Morgan fingerprint density at radius 3 is 3.00 bits per heavy atom. The molecule has 0 saturated carbocycles. The van der Waals surface area contributed by atoms with Gasteiger partial charge in [-0.15, -0.1) is 5.48 Å². The van der Waals surface area contributed by atoms with E-state index in [4.69, 9.17) is 9.57 Å². The molecule has 0 radical (unpaired) electrons. The molecule has 2 rings (SSSR count). The summed E-state index contributed by atoms with van der Waals surface area (Å²) in [6.45, 7) is 0.197. The molecule has 1 aromatic carbocycles. The first-order valence-corrected chi connectivity index (χ1v) is 6.96. The Balaban J connectivity index is 1.74. The normalized spacial score (nSPS) is 11.0. The fourth-order valence-electron chi connectivity index (χ4n) is 1.65. The van der Waals surface area contributed by atoms with Crippen LogP contribution >= 0.6 is 0 Å². The lowest BCUT2D eigenvalue weighted by Gasteiger charge is -2.02. The number of hydrogen-bond acceptors (Lipinski definition) is 8. The first-order valence-electron chi connectivity index (χ1n) is 6.96. The molecule has 0 amide bonds. The Hall–Kier alpha value is -3.26. The zero-order valence-electron chi connectivity index (χ0n) is 12.9. The van der Waals surface area contributed by atoms with Crippen molar-refractivity contribution in [3.05, 3.63) is 53.9 Å². The van der Waals surface area contributed by atoms with Crippen LogP contribution in [0.25, 0.3) is 0 Å². The molecular formula is C16H16N4O4. The zero-order valence-corrected chi connectivity index (χ0v) is 12.9. The van der Waals surface area contributed by atoms with Gasteiger partial charge in [0, 0.05) is 18.6 Å². The summed E-state index contributed by atoms with van der Waals surface area (Å²) in [6.07, 6.45) is 5.91.